The molecule has 1 aromatic carbocycles. The minimum absolute atomic E-state index is 0.262. The Balaban J connectivity index is 1.40. The van der Waals surface area contributed by atoms with Crippen LogP contribution in [-0.2, 0) is 4.74 Å². The quantitative estimate of drug-likeness (QED) is 0.366. The maximum atomic E-state index is 13.2. The fraction of sp³-hybridized carbons (Fsp3) is 0.375. The minimum Gasteiger partial charge on any atom is -0.453 e. The van der Waals surface area contributed by atoms with E-state index in [-0.39, 0.29) is 17.8 Å². The Labute approximate surface area is 210 Å². The molecule has 34 heavy (non-hydrogen) atoms. The molecule has 10 heteroatoms. The highest BCUT2D eigenvalue weighted by atomic mass is 79.9. The van der Waals surface area contributed by atoms with Crippen molar-refractivity contribution in [1.82, 2.24) is 14.9 Å². The summed E-state index contributed by atoms with van der Waals surface area (Å²) in [4.78, 5) is 23.2. The number of hydrogen-bond acceptors (Lipinski definition) is 7. The Bertz CT molecular complexity index is 1140. The van der Waals surface area contributed by atoms with Gasteiger partial charge in [0.25, 0.3) is 0 Å². The fourth-order valence-electron chi connectivity index (χ4n) is 3.54. The van der Waals surface area contributed by atoms with Crippen molar-refractivity contribution in [3.63, 3.8) is 0 Å². The van der Waals surface area contributed by atoms with Crippen molar-refractivity contribution in [2.75, 3.05) is 18.4 Å². The van der Waals surface area contributed by atoms with Gasteiger partial charge in [0.05, 0.1) is 5.69 Å². The van der Waals surface area contributed by atoms with Crippen LogP contribution in [0.5, 0.6) is 11.5 Å². The normalized spacial score (nSPS) is 14.7. The lowest BCUT2D eigenvalue weighted by atomic mass is 9.94. The number of likely N-dealkylation sites (tertiary alicyclic amines) is 1. The molecule has 1 fully saturated rings. The van der Waals surface area contributed by atoms with Crippen LogP contribution in [0, 0.1) is 5.82 Å². The van der Waals surface area contributed by atoms with Crippen LogP contribution >= 0.6 is 27.3 Å². The molecule has 3 aromatic rings. The van der Waals surface area contributed by atoms with Crippen LogP contribution in [0.3, 0.4) is 0 Å². The molecule has 180 valence electrons. The van der Waals surface area contributed by atoms with Gasteiger partial charge in [0.1, 0.15) is 17.2 Å². The van der Waals surface area contributed by atoms with E-state index >= 15 is 0 Å². The first kappa shape index (κ1) is 24.4. The number of aromatic nitrogens is 2. The molecule has 2 aromatic heterocycles. The second-order valence-electron chi connectivity index (χ2n) is 9.00. The number of pyridine rings is 1. The van der Waals surface area contributed by atoms with Crippen molar-refractivity contribution in [3.8, 4) is 11.5 Å². The number of nitrogens with zero attached hydrogens (tertiary/aromatic N) is 3. The molecular formula is C24H26BrFN4O3S. The molecule has 0 aliphatic carbocycles. The Morgan fingerprint density at radius 1 is 1.24 bits per heavy atom. The van der Waals surface area contributed by atoms with E-state index in [0.717, 1.165) is 23.0 Å². The molecule has 3 heterocycles. The van der Waals surface area contributed by atoms with Gasteiger partial charge in [-0.15, -0.1) is 11.3 Å². The Morgan fingerprint density at radius 3 is 2.62 bits per heavy atom. The predicted octanol–water partition coefficient (Wildman–Crippen LogP) is 7.09. The van der Waals surface area contributed by atoms with E-state index in [2.05, 4.69) is 26.2 Å². The lowest BCUT2D eigenvalue weighted by Crippen LogP contribution is -2.41. The van der Waals surface area contributed by atoms with Crippen LogP contribution in [0.1, 0.15) is 45.2 Å². The summed E-state index contributed by atoms with van der Waals surface area (Å²) >= 11 is 4.90. The lowest BCUT2D eigenvalue weighted by Gasteiger charge is -2.32. The number of rotatable bonds is 5. The van der Waals surface area contributed by atoms with Crippen molar-refractivity contribution in [1.29, 1.82) is 0 Å². The van der Waals surface area contributed by atoms with Gasteiger partial charge < -0.3 is 19.7 Å². The summed E-state index contributed by atoms with van der Waals surface area (Å²) in [5.41, 5.74) is 0.499. The van der Waals surface area contributed by atoms with Gasteiger partial charge in [-0.05, 0) is 73.8 Å². The summed E-state index contributed by atoms with van der Waals surface area (Å²) in [6.07, 6.45) is 3.07. The number of ether oxygens (including phenoxy) is 2. The van der Waals surface area contributed by atoms with Crippen molar-refractivity contribution in [2.45, 2.75) is 45.1 Å². The lowest BCUT2D eigenvalue weighted by molar-refractivity contribution is 0.0204. The zero-order chi connectivity index (χ0) is 24.3. The SMILES string of the molecule is CC(C)(C)OC(=O)N1CCC(c2csc(Nc3ncc(Br)cc3Oc3ccc(F)cc3)n2)CC1. The monoisotopic (exact) mass is 548 g/mol. The average molecular weight is 549 g/mol. The molecule has 7 nitrogen and oxygen atoms in total. The average Bonchev–Trinajstić information content (AvgIpc) is 3.25. The maximum Gasteiger partial charge on any atom is 0.410 e. The summed E-state index contributed by atoms with van der Waals surface area (Å²) in [7, 11) is 0. The third-order valence-electron chi connectivity index (χ3n) is 5.17. The Kier molecular flexibility index (Phi) is 7.37. The summed E-state index contributed by atoms with van der Waals surface area (Å²) in [5.74, 6) is 1.45. The minimum atomic E-state index is -0.496. The third kappa shape index (κ3) is 6.44. The number of thiazole rings is 1. The maximum absolute atomic E-state index is 13.2. The highest BCUT2D eigenvalue weighted by molar-refractivity contribution is 9.10. The molecule has 1 saturated heterocycles. The van der Waals surface area contributed by atoms with Gasteiger partial charge in [0, 0.05) is 41.1 Å². The molecule has 0 atom stereocenters. The smallest absolute Gasteiger partial charge is 0.410 e. The van der Waals surface area contributed by atoms with Gasteiger partial charge in [-0.25, -0.2) is 19.2 Å². The van der Waals surface area contributed by atoms with Gasteiger partial charge in [-0.1, -0.05) is 0 Å². The van der Waals surface area contributed by atoms with Crippen LogP contribution < -0.4 is 10.1 Å². The van der Waals surface area contributed by atoms with Gasteiger partial charge >= 0.3 is 6.09 Å². The molecule has 0 spiro atoms. The van der Waals surface area contributed by atoms with Crippen LogP contribution in [0.2, 0.25) is 0 Å². The standard InChI is InChI=1S/C24H26BrFN4O3S/c1-24(2,3)33-23(31)30-10-8-15(9-11-30)19-14-34-22(28-19)29-21-20(12-16(25)13-27-21)32-18-6-4-17(26)5-7-18/h4-7,12-15H,8-11H2,1-3H3,(H,27,28,29). The molecular weight excluding hydrogens is 523 g/mol. The zero-order valence-corrected chi connectivity index (χ0v) is 21.6. The van der Waals surface area contributed by atoms with E-state index in [9.17, 15) is 9.18 Å². The van der Waals surface area contributed by atoms with E-state index in [4.69, 9.17) is 14.5 Å². The number of amides is 1. The zero-order valence-electron chi connectivity index (χ0n) is 19.2. The third-order valence-corrected chi connectivity index (χ3v) is 6.38. The van der Waals surface area contributed by atoms with E-state index in [1.54, 1.807) is 29.3 Å². The second-order valence-corrected chi connectivity index (χ2v) is 10.8. The fourth-order valence-corrected chi connectivity index (χ4v) is 4.64. The first-order valence-corrected chi connectivity index (χ1v) is 12.6. The number of nitrogens with one attached hydrogen (secondary N) is 1. The molecule has 0 saturated carbocycles. The predicted molar refractivity (Wildman–Crippen MR) is 134 cm³/mol. The van der Waals surface area contributed by atoms with Crippen LogP contribution in [0.4, 0.5) is 20.1 Å². The number of piperidine rings is 1. The van der Waals surface area contributed by atoms with Crippen LogP contribution in [0.25, 0.3) is 0 Å². The van der Waals surface area contributed by atoms with Crippen molar-refractivity contribution < 1.29 is 18.7 Å². The number of halogens is 2. The van der Waals surface area contributed by atoms with E-state index < -0.39 is 5.60 Å². The summed E-state index contributed by atoms with van der Waals surface area (Å²) < 4.78 is 25.4. The van der Waals surface area contributed by atoms with Crippen molar-refractivity contribution >= 4 is 44.3 Å². The first-order valence-electron chi connectivity index (χ1n) is 11.0. The molecule has 0 unspecified atom stereocenters. The summed E-state index contributed by atoms with van der Waals surface area (Å²) in [6, 6.07) is 7.60. The van der Waals surface area contributed by atoms with Gasteiger partial charge in [-0.2, -0.15) is 0 Å². The molecule has 0 bridgehead atoms. The highest BCUT2D eigenvalue weighted by Gasteiger charge is 2.28. The number of anilines is 2. The molecule has 1 amide bonds. The van der Waals surface area contributed by atoms with Crippen LogP contribution in [-0.4, -0.2) is 39.7 Å². The largest absolute Gasteiger partial charge is 0.453 e. The van der Waals surface area contributed by atoms with Gasteiger partial charge in [0.2, 0.25) is 0 Å². The number of carbonyl (C=O) groups excluding carboxylic acids is 1. The number of hydrogen-bond donors (Lipinski definition) is 1. The summed E-state index contributed by atoms with van der Waals surface area (Å²) in [6.45, 7) is 6.90. The van der Waals surface area contributed by atoms with E-state index in [1.807, 2.05) is 26.2 Å². The molecule has 4 rings (SSSR count). The highest BCUT2D eigenvalue weighted by Crippen LogP contribution is 2.35. The van der Waals surface area contributed by atoms with Crippen molar-refractivity contribution in [2.24, 2.45) is 0 Å². The van der Waals surface area contributed by atoms with Gasteiger partial charge in [0.15, 0.2) is 16.7 Å². The van der Waals surface area contributed by atoms with Gasteiger partial charge in [-0.3, -0.25) is 0 Å². The van der Waals surface area contributed by atoms with Crippen LogP contribution in [0.15, 0.2) is 46.4 Å². The number of benzene rings is 1. The molecule has 1 aliphatic rings. The first-order chi connectivity index (χ1) is 16.2. The Hall–Kier alpha value is -2.72. The molecule has 1 aliphatic heterocycles. The summed E-state index contributed by atoms with van der Waals surface area (Å²) in [5, 5.41) is 5.97. The number of carbonyl (C=O) groups is 1. The molecule has 1 N–H and O–H groups in total. The Morgan fingerprint density at radius 2 is 1.94 bits per heavy atom. The second kappa shape index (κ2) is 10.3. The van der Waals surface area contributed by atoms with Crippen molar-refractivity contribution in [3.05, 3.63) is 57.9 Å². The van der Waals surface area contributed by atoms with E-state index in [1.165, 1.54) is 23.5 Å². The van der Waals surface area contributed by atoms with E-state index in [0.29, 0.717) is 35.5 Å². The topological polar surface area (TPSA) is 76.6 Å². The molecule has 0 radical (unpaired) electrons.